The number of nitrogens with one attached hydrogen (secondary N) is 1. The molecule has 1 rings (SSSR count). The monoisotopic (exact) mass is 248 g/mol. The minimum Gasteiger partial charge on any atom is -0.392 e. The summed E-state index contributed by atoms with van der Waals surface area (Å²) in [4.78, 5) is 3.86. The molecule has 0 fully saturated rings. The second-order valence-corrected chi connectivity index (χ2v) is 5.07. The number of hydrogen-bond acceptors (Lipinski definition) is 4. The highest BCUT2D eigenvalue weighted by Gasteiger charge is 2.16. The van der Waals surface area contributed by atoms with Gasteiger partial charge in [-0.1, -0.05) is 12.2 Å². The highest BCUT2D eigenvalue weighted by atomic mass is 32.2. The van der Waals surface area contributed by atoms with Gasteiger partial charge in [0.2, 0.25) is 0 Å². The normalized spacial score (nSPS) is 11.5. The molecule has 6 nitrogen and oxygen atoms in total. The molecule has 8 heteroatoms. The summed E-state index contributed by atoms with van der Waals surface area (Å²) >= 11 is 4.57. The standard InChI is InChI=1S/C7H12N4O2S2/c1-2-11-4-7(9-5-11)15(12,13)10-3-6(8)14/h4-5,10H,2-3H2,1H3,(H2,8,14). The van der Waals surface area contributed by atoms with E-state index in [2.05, 4.69) is 21.9 Å². The first kappa shape index (κ1) is 12.1. The van der Waals surface area contributed by atoms with Crippen molar-refractivity contribution >= 4 is 27.2 Å². The molecule has 0 radical (unpaired) electrons. The number of hydrogen-bond donors (Lipinski definition) is 2. The Morgan fingerprint density at radius 1 is 1.73 bits per heavy atom. The summed E-state index contributed by atoms with van der Waals surface area (Å²) in [6, 6.07) is 0. The molecule has 3 N–H and O–H groups in total. The van der Waals surface area contributed by atoms with Gasteiger partial charge in [0.25, 0.3) is 10.0 Å². The van der Waals surface area contributed by atoms with Crippen LogP contribution in [0, 0.1) is 0 Å². The molecule has 0 atom stereocenters. The van der Waals surface area contributed by atoms with E-state index in [-0.39, 0.29) is 16.6 Å². The average molecular weight is 248 g/mol. The van der Waals surface area contributed by atoms with Gasteiger partial charge in [-0.05, 0) is 6.92 Å². The van der Waals surface area contributed by atoms with Crippen LogP contribution < -0.4 is 10.5 Å². The van der Waals surface area contributed by atoms with E-state index in [9.17, 15) is 8.42 Å². The van der Waals surface area contributed by atoms with Gasteiger partial charge < -0.3 is 10.3 Å². The molecule has 0 aliphatic rings. The van der Waals surface area contributed by atoms with Crippen LogP contribution >= 0.6 is 12.2 Å². The molecule has 1 aromatic heterocycles. The number of rotatable bonds is 5. The Hall–Kier alpha value is -0.990. The summed E-state index contributed by atoms with van der Waals surface area (Å²) in [5, 5.41) is -0.0272. The van der Waals surface area contributed by atoms with Gasteiger partial charge in [0.1, 0.15) is 0 Å². The third-order valence-electron chi connectivity index (χ3n) is 1.69. The highest BCUT2D eigenvalue weighted by molar-refractivity contribution is 7.89. The second kappa shape index (κ2) is 4.69. The van der Waals surface area contributed by atoms with Crippen molar-refractivity contribution in [2.24, 2.45) is 5.73 Å². The zero-order valence-electron chi connectivity index (χ0n) is 8.17. The number of imidazole rings is 1. The van der Waals surface area contributed by atoms with Crippen LogP contribution in [0.2, 0.25) is 0 Å². The number of nitrogens with two attached hydrogens (primary N) is 1. The van der Waals surface area contributed by atoms with E-state index in [1.807, 2.05) is 6.92 Å². The first-order chi connectivity index (χ1) is 6.95. The maximum atomic E-state index is 11.6. The molecule has 0 amide bonds. The molecule has 1 heterocycles. The molecule has 0 saturated carbocycles. The first-order valence-corrected chi connectivity index (χ1v) is 6.14. The summed E-state index contributed by atoms with van der Waals surface area (Å²) in [5.41, 5.74) is 5.19. The average Bonchev–Trinajstić information content (AvgIpc) is 2.63. The van der Waals surface area contributed by atoms with Crippen LogP contribution in [-0.4, -0.2) is 29.5 Å². The summed E-state index contributed by atoms with van der Waals surface area (Å²) in [6.07, 6.45) is 2.90. The summed E-state index contributed by atoms with van der Waals surface area (Å²) < 4.78 is 27.0. The number of sulfonamides is 1. The van der Waals surface area contributed by atoms with Gasteiger partial charge in [0.05, 0.1) is 17.9 Å². The van der Waals surface area contributed by atoms with Crippen LogP contribution in [0.3, 0.4) is 0 Å². The fraction of sp³-hybridized carbons (Fsp3) is 0.429. The highest BCUT2D eigenvalue weighted by Crippen LogP contribution is 2.04. The Kier molecular flexibility index (Phi) is 3.77. The number of nitrogens with zero attached hydrogens (tertiary/aromatic N) is 2. The Bertz CT molecular complexity index is 451. The van der Waals surface area contributed by atoms with E-state index < -0.39 is 10.0 Å². The van der Waals surface area contributed by atoms with Crippen molar-refractivity contribution in [3.63, 3.8) is 0 Å². The number of thiocarbonyl (C=S) groups is 1. The van der Waals surface area contributed by atoms with Crippen molar-refractivity contribution < 1.29 is 8.42 Å². The van der Waals surface area contributed by atoms with Gasteiger partial charge in [0.15, 0.2) is 5.03 Å². The summed E-state index contributed by atoms with van der Waals surface area (Å²) in [6.45, 7) is 2.50. The molecule has 0 spiro atoms. The van der Waals surface area contributed by atoms with E-state index in [0.29, 0.717) is 6.54 Å². The number of aryl methyl sites for hydroxylation is 1. The molecule has 0 unspecified atom stereocenters. The van der Waals surface area contributed by atoms with Crippen molar-refractivity contribution in [2.75, 3.05) is 6.54 Å². The molecule has 84 valence electrons. The van der Waals surface area contributed by atoms with Crippen molar-refractivity contribution in [3.05, 3.63) is 12.5 Å². The Morgan fingerprint density at radius 2 is 2.40 bits per heavy atom. The molecule has 0 saturated heterocycles. The van der Waals surface area contributed by atoms with Crippen LogP contribution in [0.25, 0.3) is 0 Å². The minimum atomic E-state index is -3.59. The third-order valence-corrected chi connectivity index (χ3v) is 3.12. The predicted octanol–water partition coefficient (Wildman–Crippen LogP) is -0.533. The Balaban J connectivity index is 2.81. The van der Waals surface area contributed by atoms with Crippen molar-refractivity contribution in [1.82, 2.24) is 14.3 Å². The van der Waals surface area contributed by atoms with E-state index in [1.165, 1.54) is 12.5 Å². The first-order valence-electron chi connectivity index (χ1n) is 4.25. The molecule has 0 aliphatic heterocycles. The van der Waals surface area contributed by atoms with Gasteiger partial charge >= 0.3 is 0 Å². The van der Waals surface area contributed by atoms with Crippen molar-refractivity contribution in [3.8, 4) is 0 Å². The lowest BCUT2D eigenvalue weighted by atomic mass is 10.7. The molecule has 0 bridgehead atoms. The van der Waals surface area contributed by atoms with Gasteiger partial charge in [-0.3, -0.25) is 0 Å². The fourth-order valence-corrected chi connectivity index (χ4v) is 2.01. The quantitative estimate of drug-likeness (QED) is 0.684. The van der Waals surface area contributed by atoms with Gasteiger partial charge in [0, 0.05) is 12.7 Å². The maximum absolute atomic E-state index is 11.6. The fourth-order valence-electron chi connectivity index (χ4n) is 0.891. The largest absolute Gasteiger partial charge is 0.392 e. The van der Waals surface area contributed by atoms with Crippen LogP contribution in [0.4, 0.5) is 0 Å². The number of aromatic nitrogens is 2. The maximum Gasteiger partial charge on any atom is 0.259 e. The lowest BCUT2D eigenvalue weighted by Gasteiger charge is -2.01. The van der Waals surface area contributed by atoms with E-state index in [1.54, 1.807) is 4.57 Å². The molecular weight excluding hydrogens is 236 g/mol. The topological polar surface area (TPSA) is 90.0 Å². The van der Waals surface area contributed by atoms with Crippen LogP contribution in [0.5, 0.6) is 0 Å². The summed E-state index contributed by atoms with van der Waals surface area (Å²) in [5.74, 6) is 0. The predicted molar refractivity (Wildman–Crippen MR) is 59.9 cm³/mol. The van der Waals surface area contributed by atoms with E-state index >= 15 is 0 Å². The molecule has 15 heavy (non-hydrogen) atoms. The van der Waals surface area contributed by atoms with Crippen LogP contribution in [0.15, 0.2) is 17.6 Å². The summed E-state index contributed by atoms with van der Waals surface area (Å²) in [7, 11) is -3.59. The van der Waals surface area contributed by atoms with Crippen molar-refractivity contribution in [2.45, 2.75) is 18.5 Å². The van der Waals surface area contributed by atoms with Crippen molar-refractivity contribution in [1.29, 1.82) is 0 Å². The Morgan fingerprint density at radius 3 is 2.87 bits per heavy atom. The lowest BCUT2D eigenvalue weighted by Crippen LogP contribution is -2.32. The van der Waals surface area contributed by atoms with E-state index in [4.69, 9.17) is 5.73 Å². The molecule has 0 aromatic carbocycles. The smallest absolute Gasteiger partial charge is 0.259 e. The minimum absolute atomic E-state index is 0.0272. The van der Waals surface area contributed by atoms with Gasteiger partial charge in [-0.25, -0.2) is 18.1 Å². The second-order valence-electron chi connectivity index (χ2n) is 2.83. The zero-order valence-corrected chi connectivity index (χ0v) is 9.81. The third kappa shape index (κ3) is 3.26. The molecule has 1 aromatic rings. The van der Waals surface area contributed by atoms with Crippen LogP contribution in [0.1, 0.15) is 6.92 Å². The van der Waals surface area contributed by atoms with E-state index in [0.717, 1.165) is 0 Å². The SMILES string of the molecule is CCn1cnc(S(=O)(=O)NCC(N)=S)c1. The Labute approximate surface area is 93.5 Å². The van der Waals surface area contributed by atoms with Crippen LogP contribution in [-0.2, 0) is 16.6 Å². The lowest BCUT2D eigenvalue weighted by molar-refractivity contribution is 0.583. The molecular formula is C7H12N4O2S2. The van der Waals surface area contributed by atoms with Gasteiger partial charge in [-0.2, -0.15) is 0 Å². The molecule has 0 aliphatic carbocycles. The zero-order chi connectivity index (χ0) is 11.5. The van der Waals surface area contributed by atoms with Gasteiger partial charge in [-0.15, -0.1) is 0 Å².